The monoisotopic (exact) mass is 324 g/mol. The van der Waals surface area contributed by atoms with Crippen molar-refractivity contribution < 1.29 is 28.0 Å². The van der Waals surface area contributed by atoms with Gasteiger partial charge in [0, 0.05) is 5.02 Å². The van der Waals surface area contributed by atoms with Crippen molar-refractivity contribution in [2.75, 3.05) is 0 Å². The summed E-state index contributed by atoms with van der Waals surface area (Å²) in [6.07, 6.45) is -4.58. The van der Waals surface area contributed by atoms with E-state index in [9.17, 15) is 23.3 Å². The van der Waals surface area contributed by atoms with Crippen LogP contribution in [-0.4, -0.2) is 28.5 Å². The van der Waals surface area contributed by atoms with Gasteiger partial charge in [-0.3, -0.25) is 0 Å². The Morgan fingerprint density at radius 1 is 1.10 bits per heavy atom. The zero-order valence-corrected chi connectivity index (χ0v) is 12.9. The summed E-state index contributed by atoms with van der Waals surface area (Å²) in [5.41, 5.74) is -3.60. The van der Waals surface area contributed by atoms with Crippen molar-refractivity contribution in [3.05, 3.63) is 28.8 Å². The second-order valence-electron chi connectivity index (χ2n) is 5.81. The highest BCUT2D eigenvalue weighted by atomic mass is 35.5. The van der Waals surface area contributed by atoms with Gasteiger partial charge in [-0.25, -0.2) is 0 Å². The molecule has 1 aromatic carbocycles. The summed E-state index contributed by atoms with van der Waals surface area (Å²) in [4.78, 5) is 0. The Labute approximate surface area is 126 Å². The third kappa shape index (κ3) is 4.61. The van der Waals surface area contributed by atoms with Crippen LogP contribution in [0.5, 0.6) is 0 Å². The predicted octanol–water partition coefficient (Wildman–Crippen LogP) is 2.61. The van der Waals surface area contributed by atoms with E-state index in [1.165, 1.54) is 33.8 Å². The van der Waals surface area contributed by atoms with E-state index in [1.54, 1.807) is 0 Å². The third-order valence-corrected chi connectivity index (χ3v) is 3.63. The topological polar surface area (TPSA) is 49.7 Å². The highest BCUT2D eigenvalue weighted by Crippen LogP contribution is 2.31. The molecule has 1 aromatic rings. The van der Waals surface area contributed by atoms with Gasteiger partial charge in [0.05, 0.1) is 16.8 Å². The molecule has 0 heterocycles. The van der Waals surface area contributed by atoms with Gasteiger partial charge in [0.1, 0.15) is 0 Å². The molecule has 21 heavy (non-hydrogen) atoms. The number of benzene rings is 1. The van der Waals surface area contributed by atoms with Crippen LogP contribution in [0.25, 0.3) is 0 Å². The molecule has 0 aliphatic rings. The molecule has 0 spiro atoms. The fourth-order valence-corrected chi connectivity index (χ4v) is 1.65. The summed E-state index contributed by atoms with van der Waals surface area (Å²) >= 11 is 5.65. The Bertz CT molecular complexity index is 512. The average molecular weight is 325 g/mol. The van der Waals surface area contributed by atoms with Crippen LogP contribution < -0.4 is 5.46 Å². The van der Waals surface area contributed by atoms with E-state index in [1.807, 2.05) is 0 Å². The number of halogens is 4. The van der Waals surface area contributed by atoms with Gasteiger partial charge >= 0.3 is 13.3 Å². The Balaban J connectivity index is 3.09. The highest BCUT2D eigenvalue weighted by Gasteiger charge is 2.40. The molecular weight excluding hydrogens is 307 g/mol. The molecule has 0 amide bonds. The molecule has 0 aromatic heterocycles. The van der Waals surface area contributed by atoms with E-state index in [2.05, 4.69) is 0 Å². The minimum Gasteiger partial charge on any atom is -0.423 e. The smallest absolute Gasteiger partial charge is 0.423 e. The molecule has 8 heteroatoms. The lowest BCUT2D eigenvalue weighted by molar-refractivity contribution is -0.137. The quantitative estimate of drug-likeness (QED) is 0.837. The second-order valence-corrected chi connectivity index (χ2v) is 6.25. The molecule has 0 saturated carbocycles. The Kier molecular flexibility index (Phi) is 5.05. The molecule has 0 aliphatic carbocycles. The van der Waals surface area contributed by atoms with E-state index in [-0.39, 0.29) is 10.5 Å². The first-order valence-electron chi connectivity index (χ1n) is 6.20. The number of hydrogen-bond donors (Lipinski definition) is 2. The maximum Gasteiger partial charge on any atom is 0.491 e. The molecule has 118 valence electrons. The van der Waals surface area contributed by atoms with Crippen LogP contribution in [0.15, 0.2) is 18.2 Å². The van der Waals surface area contributed by atoms with Crippen LogP contribution in [0.1, 0.15) is 33.3 Å². The van der Waals surface area contributed by atoms with Crippen molar-refractivity contribution in [2.24, 2.45) is 0 Å². The van der Waals surface area contributed by atoms with Crippen molar-refractivity contribution in [1.82, 2.24) is 0 Å². The Morgan fingerprint density at radius 2 is 1.62 bits per heavy atom. The van der Waals surface area contributed by atoms with Crippen LogP contribution in [0, 0.1) is 0 Å². The normalized spacial score (nSPS) is 13.4. The molecule has 0 bridgehead atoms. The molecule has 0 fully saturated rings. The predicted molar refractivity (Wildman–Crippen MR) is 75.5 cm³/mol. The van der Waals surface area contributed by atoms with Gasteiger partial charge in [0.15, 0.2) is 0 Å². The van der Waals surface area contributed by atoms with Gasteiger partial charge < -0.3 is 14.8 Å². The number of hydrogen-bond acceptors (Lipinski definition) is 3. The van der Waals surface area contributed by atoms with Crippen molar-refractivity contribution in [3.8, 4) is 0 Å². The van der Waals surface area contributed by atoms with Crippen molar-refractivity contribution in [1.29, 1.82) is 0 Å². The second kappa shape index (κ2) is 5.80. The van der Waals surface area contributed by atoms with Crippen LogP contribution in [0.4, 0.5) is 13.2 Å². The first-order chi connectivity index (χ1) is 9.24. The lowest BCUT2D eigenvalue weighted by Gasteiger charge is -2.38. The van der Waals surface area contributed by atoms with Crippen LogP contribution in [0.3, 0.4) is 0 Å². The summed E-state index contributed by atoms with van der Waals surface area (Å²) in [5.74, 6) is 0. The van der Waals surface area contributed by atoms with Gasteiger partial charge in [0.2, 0.25) is 0 Å². The van der Waals surface area contributed by atoms with E-state index >= 15 is 0 Å². The van der Waals surface area contributed by atoms with Gasteiger partial charge in [-0.2, -0.15) is 13.2 Å². The molecule has 0 atom stereocenters. The minimum absolute atomic E-state index is 0.132. The van der Waals surface area contributed by atoms with Gasteiger partial charge in [0.25, 0.3) is 0 Å². The largest absolute Gasteiger partial charge is 0.491 e. The van der Waals surface area contributed by atoms with E-state index < -0.39 is 30.1 Å². The van der Waals surface area contributed by atoms with E-state index in [4.69, 9.17) is 16.3 Å². The van der Waals surface area contributed by atoms with E-state index in [0.29, 0.717) is 0 Å². The van der Waals surface area contributed by atoms with Crippen molar-refractivity contribution in [2.45, 2.75) is 45.1 Å². The zero-order valence-electron chi connectivity index (χ0n) is 12.1. The summed E-state index contributed by atoms with van der Waals surface area (Å²) < 4.78 is 43.4. The number of rotatable bonds is 4. The highest BCUT2D eigenvalue weighted by molar-refractivity contribution is 6.60. The molecule has 0 radical (unpaired) electrons. The molecule has 3 nitrogen and oxygen atoms in total. The molecule has 0 saturated heterocycles. The van der Waals surface area contributed by atoms with Gasteiger partial charge in [-0.15, -0.1) is 0 Å². The van der Waals surface area contributed by atoms with Gasteiger partial charge in [-0.1, -0.05) is 17.7 Å². The van der Waals surface area contributed by atoms with Gasteiger partial charge in [-0.05, 0) is 45.3 Å². The Hall–Kier alpha value is -0.755. The van der Waals surface area contributed by atoms with Crippen molar-refractivity contribution in [3.63, 3.8) is 0 Å². The molecule has 1 rings (SSSR count). The lowest BCUT2D eigenvalue weighted by atomic mass is 9.76. The molecule has 0 unspecified atom stereocenters. The Morgan fingerprint density at radius 3 is 2.05 bits per heavy atom. The van der Waals surface area contributed by atoms with E-state index in [0.717, 1.165) is 12.1 Å². The maximum atomic E-state index is 12.7. The standard InChI is InChI=1S/C13H17BClF3O3/c1-11(2,19)12(3,4)21-14(20)9-5-8(13(16,17)18)6-10(15)7-9/h5-7,19-20H,1-4H3. The summed E-state index contributed by atoms with van der Waals surface area (Å²) in [6, 6.07) is 2.71. The number of alkyl halides is 3. The first-order valence-corrected chi connectivity index (χ1v) is 6.58. The SMILES string of the molecule is CC(C)(O)C(C)(C)OB(O)c1cc(Cl)cc(C(F)(F)F)c1. The average Bonchev–Trinajstić information content (AvgIpc) is 2.24. The minimum atomic E-state index is -4.58. The first kappa shape index (κ1) is 18.3. The molecule has 2 N–H and O–H groups in total. The van der Waals surface area contributed by atoms with Crippen LogP contribution >= 0.6 is 11.6 Å². The fourth-order valence-electron chi connectivity index (χ4n) is 1.41. The third-order valence-electron chi connectivity index (χ3n) is 3.41. The molecule has 0 aliphatic heterocycles. The maximum absolute atomic E-state index is 12.7. The molecular formula is C13H17BClF3O3. The summed E-state index contributed by atoms with van der Waals surface area (Å²) in [7, 11) is -1.65. The summed E-state index contributed by atoms with van der Waals surface area (Å²) in [5, 5.41) is 19.7. The lowest BCUT2D eigenvalue weighted by Crippen LogP contribution is -2.53. The zero-order chi connectivity index (χ0) is 16.6. The number of aliphatic hydroxyl groups is 1. The van der Waals surface area contributed by atoms with Crippen LogP contribution in [-0.2, 0) is 10.8 Å². The van der Waals surface area contributed by atoms with Crippen molar-refractivity contribution >= 4 is 24.2 Å². The van der Waals surface area contributed by atoms with Crippen LogP contribution in [0.2, 0.25) is 5.02 Å². The fraction of sp³-hybridized carbons (Fsp3) is 0.538. The summed E-state index contributed by atoms with van der Waals surface area (Å²) in [6.45, 7) is 5.98.